The molecule has 0 aromatic carbocycles. The third-order valence-electron chi connectivity index (χ3n) is 6.11. The molecular formula is C22H18N6O. The average molecular weight is 382 g/mol. The second-order valence-corrected chi connectivity index (χ2v) is 7.78. The Morgan fingerprint density at radius 3 is 2.76 bits per heavy atom. The van der Waals surface area contributed by atoms with Gasteiger partial charge in [-0.1, -0.05) is 0 Å². The fourth-order valence-electron chi connectivity index (χ4n) is 4.33. The highest BCUT2D eigenvalue weighted by Gasteiger charge is 2.56. The van der Waals surface area contributed by atoms with Gasteiger partial charge in [-0.2, -0.15) is 15.6 Å². The average Bonchev–Trinajstić information content (AvgIpc) is 3.40. The summed E-state index contributed by atoms with van der Waals surface area (Å²) in [6.07, 6.45) is 6.02. The van der Waals surface area contributed by atoms with Gasteiger partial charge in [-0.25, -0.2) is 4.52 Å². The molecule has 2 aliphatic rings. The molecule has 1 atom stereocenters. The van der Waals surface area contributed by atoms with E-state index in [1.54, 1.807) is 21.7 Å². The Balaban J connectivity index is 1.57. The van der Waals surface area contributed by atoms with Crippen LogP contribution in [0.25, 0.3) is 16.8 Å². The molecule has 3 aromatic rings. The molecule has 0 bridgehead atoms. The maximum atomic E-state index is 13.2. The summed E-state index contributed by atoms with van der Waals surface area (Å²) in [6, 6.07) is 11.8. The van der Waals surface area contributed by atoms with E-state index in [0.717, 1.165) is 35.3 Å². The Morgan fingerprint density at radius 1 is 1.24 bits per heavy atom. The first kappa shape index (κ1) is 17.4. The predicted octanol–water partition coefficient (Wildman–Crippen LogP) is 3.23. The van der Waals surface area contributed by atoms with Gasteiger partial charge in [0.05, 0.1) is 34.2 Å². The lowest BCUT2D eigenvalue weighted by atomic mass is 9.83. The Hall–Kier alpha value is -3.71. The summed E-state index contributed by atoms with van der Waals surface area (Å²) in [6.45, 7) is 2.35. The predicted molar refractivity (Wildman–Crippen MR) is 106 cm³/mol. The maximum absolute atomic E-state index is 13.2. The zero-order valence-electron chi connectivity index (χ0n) is 16.0. The van der Waals surface area contributed by atoms with Crippen LogP contribution < -0.4 is 4.90 Å². The molecular weight excluding hydrogens is 364 g/mol. The summed E-state index contributed by atoms with van der Waals surface area (Å²) in [7, 11) is 0. The molecule has 0 spiro atoms. The van der Waals surface area contributed by atoms with E-state index in [2.05, 4.69) is 22.2 Å². The van der Waals surface area contributed by atoms with Crippen LogP contribution in [-0.4, -0.2) is 27.0 Å². The first-order valence-electron chi connectivity index (χ1n) is 9.66. The molecule has 142 valence electrons. The van der Waals surface area contributed by atoms with E-state index in [-0.39, 0.29) is 11.8 Å². The van der Waals surface area contributed by atoms with Crippen molar-refractivity contribution in [1.82, 2.24) is 14.6 Å². The van der Waals surface area contributed by atoms with Gasteiger partial charge in [-0.3, -0.25) is 9.78 Å². The van der Waals surface area contributed by atoms with Gasteiger partial charge in [-0.15, -0.1) is 0 Å². The number of aryl methyl sites for hydroxylation is 1. The number of rotatable bonds is 3. The van der Waals surface area contributed by atoms with E-state index in [9.17, 15) is 10.1 Å². The number of carbonyl (C=O) groups excluding carboxylic acids is 1. The zero-order chi connectivity index (χ0) is 20.2. The van der Waals surface area contributed by atoms with E-state index >= 15 is 0 Å². The summed E-state index contributed by atoms with van der Waals surface area (Å²) in [5, 5.41) is 23.2. The van der Waals surface area contributed by atoms with Crippen LogP contribution in [-0.2, 0) is 4.79 Å². The lowest BCUT2D eigenvalue weighted by Gasteiger charge is -2.21. The topological polar surface area (TPSA) is 98.1 Å². The Bertz CT molecular complexity index is 1240. The highest BCUT2D eigenvalue weighted by atomic mass is 16.2. The molecule has 1 aliphatic carbocycles. The molecule has 0 unspecified atom stereocenters. The standard InChI is InChI=1S/C22H18N6O/c1-14-15(11-23)2-5-18(26-14)16-10-20-19(6-8-25-28(20)12-16)27-9-7-22(13-24,21(27)29)17-3-4-17/h2,5-6,8,10,12,17H,3-4,7,9H2,1H3/t22-/m1/s1. The molecule has 7 nitrogen and oxygen atoms in total. The van der Waals surface area contributed by atoms with Crippen molar-refractivity contribution in [1.29, 1.82) is 10.5 Å². The zero-order valence-corrected chi connectivity index (χ0v) is 16.0. The summed E-state index contributed by atoms with van der Waals surface area (Å²) in [5.74, 6) is 0.0988. The molecule has 1 saturated heterocycles. The number of fused-ring (bicyclic) bond motifs is 1. The van der Waals surface area contributed by atoms with Crippen molar-refractivity contribution >= 4 is 17.1 Å². The number of hydrogen-bond acceptors (Lipinski definition) is 5. The van der Waals surface area contributed by atoms with Gasteiger partial charge in [0, 0.05) is 24.5 Å². The first-order chi connectivity index (χ1) is 14.1. The van der Waals surface area contributed by atoms with Crippen LogP contribution in [0.15, 0.2) is 36.7 Å². The molecule has 2 fully saturated rings. The van der Waals surface area contributed by atoms with Crippen LogP contribution in [0.4, 0.5) is 5.69 Å². The molecule has 1 saturated carbocycles. The second kappa shape index (κ2) is 6.15. The fourth-order valence-corrected chi connectivity index (χ4v) is 4.33. The van der Waals surface area contributed by atoms with Gasteiger partial charge in [0.25, 0.3) is 0 Å². The lowest BCUT2D eigenvalue weighted by Crippen LogP contribution is -2.35. The number of amides is 1. The number of pyridine rings is 1. The highest BCUT2D eigenvalue weighted by Crippen LogP contribution is 2.52. The number of nitriles is 2. The van der Waals surface area contributed by atoms with Crippen molar-refractivity contribution in [2.45, 2.75) is 26.2 Å². The van der Waals surface area contributed by atoms with Gasteiger partial charge in [0.2, 0.25) is 5.91 Å². The quantitative estimate of drug-likeness (QED) is 0.692. The van der Waals surface area contributed by atoms with Crippen molar-refractivity contribution in [3.05, 3.63) is 47.9 Å². The third kappa shape index (κ3) is 2.51. The van der Waals surface area contributed by atoms with E-state index in [4.69, 9.17) is 5.26 Å². The fraction of sp³-hybridized carbons (Fsp3) is 0.318. The monoisotopic (exact) mass is 382 g/mol. The second-order valence-electron chi connectivity index (χ2n) is 7.78. The molecule has 4 heterocycles. The SMILES string of the molecule is Cc1nc(-c2cc3c(N4CC[C@@](C#N)(C5CC5)C4=O)ccnn3c2)ccc1C#N. The Labute approximate surface area is 167 Å². The minimum Gasteiger partial charge on any atom is -0.309 e. The number of hydrogen-bond donors (Lipinski definition) is 0. The maximum Gasteiger partial charge on any atom is 0.247 e. The third-order valence-corrected chi connectivity index (χ3v) is 6.11. The minimum atomic E-state index is -0.874. The number of anilines is 1. The lowest BCUT2D eigenvalue weighted by molar-refractivity contribution is -0.123. The van der Waals surface area contributed by atoms with Gasteiger partial charge in [0.1, 0.15) is 11.5 Å². The molecule has 5 rings (SSSR count). The van der Waals surface area contributed by atoms with Gasteiger partial charge in [-0.05, 0) is 56.4 Å². The van der Waals surface area contributed by atoms with Gasteiger partial charge < -0.3 is 4.90 Å². The molecule has 3 aromatic heterocycles. The Morgan fingerprint density at radius 2 is 2.07 bits per heavy atom. The van der Waals surface area contributed by atoms with E-state index < -0.39 is 5.41 Å². The summed E-state index contributed by atoms with van der Waals surface area (Å²) < 4.78 is 1.73. The van der Waals surface area contributed by atoms with Crippen LogP contribution in [0.2, 0.25) is 0 Å². The van der Waals surface area contributed by atoms with Crippen LogP contribution in [0.1, 0.15) is 30.5 Å². The molecule has 7 heteroatoms. The van der Waals surface area contributed by atoms with Crippen LogP contribution >= 0.6 is 0 Å². The highest BCUT2D eigenvalue weighted by molar-refractivity contribution is 6.05. The van der Waals surface area contributed by atoms with Crippen molar-refractivity contribution in [3.8, 4) is 23.4 Å². The smallest absolute Gasteiger partial charge is 0.247 e. The molecule has 0 radical (unpaired) electrons. The van der Waals surface area contributed by atoms with E-state index in [1.165, 1.54) is 0 Å². The largest absolute Gasteiger partial charge is 0.309 e. The molecule has 0 N–H and O–H groups in total. The van der Waals surface area contributed by atoms with Crippen molar-refractivity contribution in [3.63, 3.8) is 0 Å². The van der Waals surface area contributed by atoms with Gasteiger partial charge in [0.15, 0.2) is 0 Å². The van der Waals surface area contributed by atoms with Crippen molar-refractivity contribution < 1.29 is 4.79 Å². The van der Waals surface area contributed by atoms with Crippen LogP contribution in [0.5, 0.6) is 0 Å². The summed E-state index contributed by atoms with van der Waals surface area (Å²) >= 11 is 0. The summed E-state index contributed by atoms with van der Waals surface area (Å²) in [4.78, 5) is 19.5. The normalized spacial score (nSPS) is 21.3. The molecule has 1 aliphatic heterocycles. The van der Waals surface area contributed by atoms with Crippen molar-refractivity contribution in [2.75, 3.05) is 11.4 Å². The summed E-state index contributed by atoms with van der Waals surface area (Å²) in [5.41, 5.74) is 3.51. The van der Waals surface area contributed by atoms with E-state index in [0.29, 0.717) is 24.2 Å². The first-order valence-corrected chi connectivity index (χ1v) is 9.66. The van der Waals surface area contributed by atoms with Crippen LogP contribution in [0.3, 0.4) is 0 Å². The van der Waals surface area contributed by atoms with Gasteiger partial charge >= 0.3 is 0 Å². The van der Waals surface area contributed by atoms with Crippen LogP contribution in [0, 0.1) is 40.9 Å². The molecule has 29 heavy (non-hydrogen) atoms. The number of nitrogens with zero attached hydrogens (tertiary/aromatic N) is 6. The van der Waals surface area contributed by atoms with Crippen molar-refractivity contribution in [2.24, 2.45) is 11.3 Å². The molecule has 1 amide bonds. The minimum absolute atomic E-state index is 0.0920. The van der Waals surface area contributed by atoms with E-state index in [1.807, 2.05) is 31.3 Å². The number of aromatic nitrogens is 3. The Kier molecular flexibility index (Phi) is 3.69. The number of carbonyl (C=O) groups is 1.